The number of benzene rings is 1. The van der Waals surface area contributed by atoms with Crippen molar-refractivity contribution in [1.82, 2.24) is 5.32 Å². The largest absolute Gasteiger partial charge is 0.484 e. The summed E-state index contributed by atoms with van der Waals surface area (Å²) in [6.45, 7) is -0.185. The molecule has 20 heavy (non-hydrogen) atoms. The monoisotopic (exact) mass is 279 g/mol. The highest BCUT2D eigenvalue weighted by atomic mass is 19.1. The second-order valence-corrected chi connectivity index (χ2v) is 4.08. The highest BCUT2D eigenvalue weighted by Crippen LogP contribution is 2.12. The third kappa shape index (κ3) is 4.10. The number of hydrogen-bond acceptors (Lipinski definition) is 4. The van der Waals surface area contributed by atoms with Crippen molar-refractivity contribution >= 4 is 5.91 Å². The van der Waals surface area contributed by atoms with E-state index in [1.54, 1.807) is 12.1 Å². The van der Waals surface area contributed by atoms with Crippen molar-refractivity contribution in [3.05, 3.63) is 54.2 Å². The summed E-state index contributed by atoms with van der Waals surface area (Å²) in [4.78, 5) is 11.5. The minimum absolute atomic E-state index is 0.0269. The summed E-state index contributed by atoms with van der Waals surface area (Å²) in [5.74, 6) is 0.0150. The first-order chi connectivity index (χ1) is 9.65. The Bertz CT molecular complexity index is 539. The first kappa shape index (κ1) is 14.1. The lowest BCUT2D eigenvalue weighted by Gasteiger charge is -2.10. The van der Waals surface area contributed by atoms with E-state index in [1.807, 2.05) is 0 Å². The zero-order valence-corrected chi connectivity index (χ0v) is 10.6. The second kappa shape index (κ2) is 6.72. The van der Waals surface area contributed by atoms with Crippen LogP contribution in [0.25, 0.3) is 0 Å². The molecule has 5 nitrogen and oxygen atoms in total. The molecule has 0 radical (unpaired) electrons. The van der Waals surface area contributed by atoms with Crippen LogP contribution in [0.4, 0.5) is 4.39 Å². The first-order valence-corrected chi connectivity index (χ1v) is 6.01. The Morgan fingerprint density at radius 1 is 1.35 bits per heavy atom. The van der Waals surface area contributed by atoms with Crippen LogP contribution in [0.2, 0.25) is 0 Å². The number of aliphatic hydroxyl groups excluding tert-OH is 1. The van der Waals surface area contributed by atoms with E-state index in [4.69, 9.17) is 9.15 Å². The highest BCUT2D eigenvalue weighted by molar-refractivity contribution is 5.77. The Balaban J connectivity index is 1.71. The summed E-state index contributed by atoms with van der Waals surface area (Å²) < 4.78 is 22.8. The quantitative estimate of drug-likeness (QED) is 0.843. The van der Waals surface area contributed by atoms with E-state index < -0.39 is 6.10 Å². The van der Waals surface area contributed by atoms with Crippen LogP contribution in [-0.4, -0.2) is 24.2 Å². The van der Waals surface area contributed by atoms with Crippen LogP contribution < -0.4 is 10.1 Å². The van der Waals surface area contributed by atoms with E-state index in [-0.39, 0.29) is 24.9 Å². The number of halogens is 1. The lowest BCUT2D eigenvalue weighted by Crippen LogP contribution is -2.32. The Labute approximate surface area is 115 Å². The number of nitrogens with one attached hydrogen (secondary N) is 1. The lowest BCUT2D eigenvalue weighted by atomic mass is 10.3. The van der Waals surface area contributed by atoms with Crippen LogP contribution in [0.3, 0.4) is 0 Å². The van der Waals surface area contributed by atoms with Gasteiger partial charge in [-0.05, 0) is 36.4 Å². The van der Waals surface area contributed by atoms with Crippen molar-refractivity contribution in [2.24, 2.45) is 0 Å². The van der Waals surface area contributed by atoms with Gasteiger partial charge in [0.25, 0.3) is 5.91 Å². The van der Waals surface area contributed by atoms with Gasteiger partial charge in [-0.3, -0.25) is 4.79 Å². The number of hydrogen-bond donors (Lipinski definition) is 2. The van der Waals surface area contributed by atoms with Gasteiger partial charge < -0.3 is 19.6 Å². The van der Waals surface area contributed by atoms with Gasteiger partial charge in [0, 0.05) is 0 Å². The molecule has 0 aliphatic carbocycles. The minimum Gasteiger partial charge on any atom is -0.484 e. The SMILES string of the molecule is O=C(COc1ccc(F)cc1)NCC(O)c1ccco1. The molecule has 1 amide bonds. The van der Waals surface area contributed by atoms with Crippen molar-refractivity contribution in [2.45, 2.75) is 6.10 Å². The average molecular weight is 279 g/mol. The van der Waals surface area contributed by atoms with Gasteiger partial charge in [-0.25, -0.2) is 4.39 Å². The fourth-order valence-electron chi connectivity index (χ4n) is 1.52. The highest BCUT2D eigenvalue weighted by Gasteiger charge is 2.12. The summed E-state index contributed by atoms with van der Waals surface area (Å²) in [7, 11) is 0. The van der Waals surface area contributed by atoms with Gasteiger partial charge in [-0.15, -0.1) is 0 Å². The van der Waals surface area contributed by atoms with E-state index in [0.717, 1.165) is 0 Å². The van der Waals surface area contributed by atoms with Crippen LogP contribution in [-0.2, 0) is 4.79 Å². The molecule has 1 heterocycles. The molecule has 1 atom stereocenters. The molecular weight excluding hydrogens is 265 g/mol. The first-order valence-electron chi connectivity index (χ1n) is 6.01. The molecule has 0 aliphatic rings. The smallest absolute Gasteiger partial charge is 0.258 e. The van der Waals surface area contributed by atoms with Crippen LogP contribution in [0.15, 0.2) is 47.1 Å². The fraction of sp³-hybridized carbons (Fsp3) is 0.214. The van der Waals surface area contributed by atoms with Gasteiger partial charge in [-0.1, -0.05) is 0 Å². The minimum atomic E-state index is -0.903. The third-order valence-electron chi connectivity index (χ3n) is 2.55. The molecule has 106 valence electrons. The molecule has 0 aliphatic heterocycles. The molecule has 1 aromatic heterocycles. The van der Waals surface area contributed by atoms with E-state index in [0.29, 0.717) is 11.5 Å². The molecule has 1 unspecified atom stereocenters. The molecule has 0 saturated heterocycles. The van der Waals surface area contributed by atoms with Gasteiger partial charge in [0.05, 0.1) is 12.8 Å². The molecule has 0 saturated carbocycles. The number of carbonyl (C=O) groups is 1. The number of ether oxygens (including phenoxy) is 1. The lowest BCUT2D eigenvalue weighted by molar-refractivity contribution is -0.123. The Morgan fingerprint density at radius 3 is 2.75 bits per heavy atom. The molecule has 2 N–H and O–H groups in total. The van der Waals surface area contributed by atoms with E-state index in [9.17, 15) is 14.3 Å². The van der Waals surface area contributed by atoms with Crippen LogP contribution in [0.5, 0.6) is 5.75 Å². The summed E-state index contributed by atoms with van der Waals surface area (Å²) in [6.07, 6.45) is 0.539. The predicted octanol–water partition coefficient (Wildman–Crippen LogP) is 1.65. The average Bonchev–Trinajstić information content (AvgIpc) is 2.98. The summed E-state index contributed by atoms with van der Waals surface area (Å²) in [6, 6.07) is 8.62. The summed E-state index contributed by atoms with van der Waals surface area (Å²) >= 11 is 0. The normalized spacial score (nSPS) is 11.9. The number of amides is 1. The molecule has 1 aromatic carbocycles. The van der Waals surface area contributed by atoms with E-state index >= 15 is 0 Å². The molecule has 0 fully saturated rings. The maximum atomic E-state index is 12.7. The zero-order chi connectivity index (χ0) is 14.4. The predicted molar refractivity (Wildman–Crippen MR) is 68.6 cm³/mol. The molecular formula is C14H14FNO4. The van der Waals surface area contributed by atoms with Crippen molar-refractivity contribution in [2.75, 3.05) is 13.2 Å². The Kier molecular flexibility index (Phi) is 4.73. The molecule has 6 heteroatoms. The Morgan fingerprint density at radius 2 is 2.10 bits per heavy atom. The summed E-state index contributed by atoms with van der Waals surface area (Å²) in [5, 5.41) is 12.2. The third-order valence-corrected chi connectivity index (χ3v) is 2.55. The number of carbonyl (C=O) groups excluding carboxylic acids is 1. The maximum absolute atomic E-state index is 12.7. The maximum Gasteiger partial charge on any atom is 0.258 e. The number of aliphatic hydroxyl groups is 1. The van der Waals surface area contributed by atoms with E-state index in [1.165, 1.54) is 30.5 Å². The van der Waals surface area contributed by atoms with Crippen LogP contribution >= 0.6 is 0 Å². The molecule has 2 aromatic rings. The fourth-order valence-corrected chi connectivity index (χ4v) is 1.52. The molecule has 0 bridgehead atoms. The van der Waals surface area contributed by atoms with Gasteiger partial charge in [-0.2, -0.15) is 0 Å². The number of rotatable bonds is 6. The van der Waals surface area contributed by atoms with Crippen molar-refractivity contribution in [3.63, 3.8) is 0 Å². The molecule has 2 rings (SSSR count). The topological polar surface area (TPSA) is 71.7 Å². The molecule has 0 spiro atoms. The van der Waals surface area contributed by atoms with Gasteiger partial charge in [0.15, 0.2) is 6.61 Å². The number of furan rings is 1. The van der Waals surface area contributed by atoms with Crippen molar-refractivity contribution < 1.29 is 23.4 Å². The van der Waals surface area contributed by atoms with Gasteiger partial charge >= 0.3 is 0 Å². The van der Waals surface area contributed by atoms with Gasteiger partial charge in [0.2, 0.25) is 0 Å². The summed E-state index contributed by atoms with van der Waals surface area (Å²) in [5.41, 5.74) is 0. The van der Waals surface area contributed by atoms with Gasteiger partial charge in [0.1, 0.15) is 23.4 Å². The second-order valence-electron chi connectivity index (χ2n) is 4.08. The van der Waals surface area contributed by atoms with E-state index in [2.05, 4.69) is 5.32 Å². The standard InChI is InChI=1S/C14H14FNO4/c15-10-3-5-11(6-4-10)20-9-14(18)16-8-12(17)13-2-1-7-19-13/h1-7,12,17H,8-9H2,(H,16,18). The van der Waals surface area contributed by atoms with Crippen LogP contribution in [0, 0.1) is 5.82 Å². The van der Waals surface area contributed by atoms with Crippen molar-refractivity contribution in [1.29, 1.82) is 0 Å². The zero-order valence-electron chi connectivity index (χ0n) is 10.6. The van der Waals surface area contributed by atoms with Crippen molar-refractivity contribution in [3.8, 4) is 5.75 Å². The van der Waals surface area contributed by atoms with Crippen LogP contribution in [0.1, 0.15) is 11.9 Å². The Hall–Kier alpha value is -2.34.